The first-order valence-electron chi connectivity index (χ1n) is 4.92. The van der Waals surface area contributed by atoms with Crippen LogP contribution < -0.4 is 10.3 Å². The van der Waals surface area contributed by atoms with Crippen LogP contribution in [0.1, 0.15) is 11.4 Å². The molecule has 2 aromatic rings. The number of nitrogens with one attached hydrogen (secondary N) is 1. The lowest BCUT2D eigenvalue weighted by atomic mass is 10.3. The maximum atomic E-state index is 11.4. The number of rotatable bonds is 2. The summed E-state index contributed by atoms with van der Waals surface area (Å²) in [4.78, 5) is 17.9. The number of nitrogens with zero attached hydrogens (tertiary/aromatic N) is 3. The van der Waals surface area contributed by atoms with Crippen molar-refractivity contribution in [1.82, 2.24) is 19.7 Å². The van der Waals surface area contributed by atoms with Crippen LogP contribution in [0.2, 0.25) is 0 Å². The van der Waals surface area contributed by atoms with E-state index in [9.17, 15) is 4.79 Å². The average Bonchev–Trinajstić information content (AvgIpc) is 2.51. The molecule has 0 fully saturated rings. The van der Waals surface area contributed by atoms with Crippen molar-refractivity contribution in [3.8, 4) is 11.6 Å². The molecule has 0 saturated carbocycles. The third-order valence-electron chi connectivity index (χ3n) is 2.41. The van der Waals surface area contributed by atoms with E-state index in [4.69, 9.17) is 4.74 Å². The van der Waals surface area contributed by atoms with Crippen LogP contribution >= 0.6 is 22.6 Å². The molecule has 2 aromatic heterocycles. The van der Waals surface area contributed by atoms with Gasteiger partial charge >= 0.3 is 0 Å². The second-order valence-electron chi connectivity index (χ2n) is 3.58. The van der Waals surface area contributed by atoms with E-state index in [1.807, 2.05) is 43.5 Å². The Morgan fingerprint density at radius 1 is 1.47 bits per heavy atom. The molecule has 2 heterocycles. The minimum Gasteiger partial charge on any atom is -0.434 e. The molecule has 6 nitrogen and oxygen atoms in total. The first-order valence-corrected chi connectivity index (χ1v) is 6.00. The number of ether oxygens (including phenoxy) is 1. The van der Waals surface area contributed by atoms with E-state index in [1.54, 1.807) is 4.68 Å². The molecule has 17 heavy (non-hydrogen) atoms. The molecule has 0 aliphatic carbocycles. The van der Waals surface area contributed by atoms with E-state index in [0.29, 0.717) is 15.2 Å². The predicted octanol–water partition coefficient (Wildman–Crippen LogP) is 1.52. The fourth-order valence-corrected chi connectivity index (χ4v) is 1.84. The molecule has 0 amide bonds. The molecule has 0 bridgehead atoms. The monoisotopic (exact) mass is 346 g/mol. The molecule has 0 aliphatic rings. The number of hydrogen-bond acceptors (Lipinski definition) is 4. The van der Waals surface area contributed by atoms with Crippen molar-refractivity contribution < 1.29 is 4.74 Å². The van der Waals surface area contributed by atoms with Crippen LogP contribution in [-0.2, 0) is 7.05 Å². The van der Waals surface area contributed by atoms with Gasteiger partial charge in [0.05, 0.1) is 12.0 Å². The molecule has 90 valence electrons. The number of halogens is 1. The van der Waals surface area contributed by atoms with Crippen molar-refractivity contribution in [1.29, 1.82) is 0 Å². The van der Waals surface area contributed by atoms with Gasteiger partial charge in [0, 0.05) is 7.05 Å². The smallest absolute Gasteiger partial charge is 0.268 e. The van der Waals surface area contributed by atoms with Gasteiger partial charge in [-0.3, -0.25) is 9.48 Å². The van der Waals surface area contributed by atoms with E-state index in [2.05, 4.69) is 15.1 Å². The Labute approximate surface area is 111 Å². The lowest BCUT2D eigenvalue weighted by Crippen LogP contribution is -2.11. The van der Waals surface area contributed by atoms with Crippen molar-refractivity contribution in [3.63, 3.8) is 0 Å². The van der Waals surface area contributed by atoms with Crippen molar-refractivity contribution in [2.24, 2.45) is 7.05 Å². The summed E-state index contributed by atoms with van der Waals surface area (Å²) in [7, 11) is 1.84. The first-order chi connectivity index (χ1) is 8.00. The molecule has 0 aliphatic heterocycles. The zero-order valence-electron chi connectivity index (χ0n) is 9.61. The fraction of sp³-hybridized carbons (Fsp3) is 0.300. The van der Waals surface area contributed by atoms with Gasteiger partial charge in [0.15, 0.2) is 5.75 Å². The van der Waals surface area contributed by atoms with Gasteiger partial charge in [-0.15, -0.1) is 0 Å². The van der Waals surface area contributed by atoms with Crippen LogP contribution in [0.4, 0.5) is 0 Å². The molecular formula is C10H11IN4O2. The van der Waals surface area contributed by atoms with Gasteiger partial charge in [-0.2, -0.15) is 5.10 Å². The number of hydrogen-bond donors (Lipinski definition) is 1. The number of aryl methyl sites for hydroxylation is 2. The number of aromatic amines is 1. The summed E-state index contributed by atoms with van der Waals surface area (Å²) in [5.74, 6) is 0.942. The molecule has 2 rings (SSSR count). The highest BCUT2D eigenvalue weighted by Crippen LogP contribution is 2.27. The van der Waals surface area contributed by atoms with Crippen molar-refractivity contribution in [2.75, 3.05) is 0 Å². The first kappa shape index (κ1) is 12.1. The van der Waals surface area contributed by atoms with Crippen LogP contribution in [0.3, 0.4) is 0 Å². The molecule has 0 spiro atoms. The summed E-state index contributed by atoms with van der Waals surface area (Å²) in [5.41, 5.74) is 1.44. The Bertz CT molecular complexity index is 617. The largest absolute Gasteiger partial charge is 0.434 e. The highest BCUT2D eigenvalue weighted by molar-refractivity contribution is 14.1. The number of H-pyrrole nitrogens is 1. The molecule has 0 saturated heterocycles. The van der Waals surface area contributed by atoms with Crippen LogP contribution in [0.25, 0.3) is 0 Å². The molecule has 1 N–H and O–H groups in total. The zero-order chi connectivity index (χ0) is 12.6. The molecule has 7 heteroatoms. The van der Waals surface area contributed by atoms with E-state index >= 15 is 0 Å². The van der Waals surface area contributed by atoms with Gasteiger partial charge in [-0.1, -0.05) is 0 Å². The van der Waals surface area contributed by atoms with Gasteiger partial charge in [-0.05, 0) is 36.4 Å². The van der Waals surface area contributed by atoms with Crippen LogP contribution in [0.15, 0.2) is 11.1 Å². The van der Waals surface area contributed by atoms with Gasteiger partial charge in [-0.25, -0.2) is 4.98 Å². The summed E-state index contributed by atoms with van der Waals surface area (Å²) in [6.07, 6.45) is 1.32. The topological polar surface area (TPSA) is 72.8 Å². The Morgan fingerprint density at radius 3 is 2.76 bits per heavy atom. The minimum atomic E-state index is -0.213. The summed E-state index contributed by atoms with van der Waals surface area (Å²) < 4.78 is 7.80. The normalized spacial score (nSPS) is 10.6. The van der Waals surface area contributed by atoms with Crippen LogP contribution in [0, 0.1) is 17.4 Å². The van der Waals surface area contributed by atoms with E-state index < -0.39 is 0 Å². The third-order valence-corrected chi connectivity index (χ3v) is 3.36. The van der Waals surface area contributed by atoms with Crippen LogP contribution in [-0.4, -0.2) is 19.7 Å². The summed E-state index contributed by atoms with van der Waals surface area (Å²) >= 11 is 1.90. The SMILES string of the molecule is Cc1nn(C)c(C)c1Oc1nc[nH]c(=O)c1I. The number of aromatic nitrogens is 4. The minimum absolute atomic E-state index is 0.213. The Kier molecular flexibility index (Phi) is 3.18. The van der Waals surface area contributed by atoms with Gasteiger partial charge in [0.2, 0.25) is 5.88 Å². The zero-order valence-corrected chi connectivity index (χ0v) is 11.8. The summed E-state index contributed by atoms with van der Waals surface area (Å²) in [6, 6.07) is 0. The Balaban J connectivity index is 2.45. The highest BCUT2D eigenvalue weighted by atomic mass is 127. The van der Waals surface area contributed by atoms with Gasteiger partial charge in [0.1, 0.15) is 9.26 Å². The standard InChI is InChI=1S/C10H11IN4O2/c1-5-8(6(2)15(3)14-5)17-10-7(11)9(16)12-4-13-10/h4H,1-3H3,(H,12,13,16). The van der Waals surface area contributed by atoms with Crippen molar-refractivity contribution in [3.05, 3.63) is 31.6 Å². The maximum Gasteiger partial charge on any atom is 0.268 e. The predicted molar refractivity (Wildman–Crippen MR) is 70.3 cm³/mol. The summed E-state index contributed by atoms with van der Waals surface area (Å²) in [5, 5.41) is 4.23. The van der Waals surface area contributed by atoms with E-state index in [0.717, 1.165) is 11.4 Å². The average molecular weight is 346 g/mol. The van der Waals surface area contributed by atoms with Gasteiger partial charge < -0.3 is 9.72 Å². The maximum absolute atomic E-state index is 11.4. The highest BCUT2D eigenvalue weighted by Gasteiger charge is 2.15. The summed E-state index contributed by atoms with van der Waals surface area (Å²) in [6.45, 7) is 3.75. The van der Waals surface area contributed by atoms with E-state index in [1.165, 1.54) is 6.33 Å². The molecule has 0 atom stereocenters. The lowest BCUT2D eigenvalue weighted by molar-refractivity contribution is 0.449. The molecule has 0 aromatic carbocycles. The van der Waals surface area contributed by atoms with E-state index in [-0.39, 0.29) is 5.56 Å². The molecule has 0 radical (unpaired) electrons. The van der Waals surface area contributed by atoms with Crippen molar-refractivity contribution >= 4 is 22.6 Å². The quantitative estimate of drug-likeness (QED) is 0.837. The lowest BCUT2D eigenvalue weighted by Gasteiger charge is -2.05. The van der Waals surface area contributed by atoms with Gasteiger partial charge in [0.25, 0.3) is 5.56 Å². The molecule has 0 unspecified atom stereocenters. The Hall–Kier alpha value is -1.38. The van der Waals surface area contributed by atoms with Crippen molar-refractivity contribution in [2.45, 2.75) is 13.8 Å². The second-order valence-corrected chi connectivity index (χ2v) is 4.66. The second kappa shape index (κ2) is 4.47. The third kappa shape index (κ3) is 2.19. The fourth-order valence-electron chi connectivity index (χ4n) is 1.44. The Morgan fingerprint density at radius 2 is 2.18 bits per heavy atom. The molecular weight excluding hydrogens is 335 g/mol. The van der Waals surface area contributed by atoms with Crippen LogP contribution in [0.5, 0.6) is 11.6 Å².